The molecule has 3 rings (SSSR count). The molecule has 1 heterocycles. The number of rotatable bonds is 8. The summed E-state index contributed by atoms with van der Waals surface area (Å²) in [7, 11) is 1.94. The van der Waals surface area contributed by atoms with Crippen LogP contribution >= 0.6 is 0 Å². The molecule has 2 aromatic carbocycles. The molecular weight excluding hydrogens is 412 g/mol. The molecule has 1 aromatic heterocycles. The second kappa shape index (κ2) is 8.64. The molecule has 9 nitrogen and oxygen atoms in total. The summed E-state index contributed by atoms with van der Waals surface area (Å²) in [4.78, 5) is 0. The van der Waals surface area contributed by atoms with Crippen LogP contribution in [0, 0.1) is 0 Å². The molecule has 0 aliphatic rings. The van der Waals surface area contributed by atoms with Gasteiger partial charge in [-0.15, -0.1) is 0 Å². The van der Waals surface area contributed by atoms with E-state index in [1.165, 1.54) is 7.11 Å². The molecular formula is C20H23N2O7S+. The molecule has 10 heteroatoms. The van der Waals surface area contributed by atoms with Crippen LogP contribution in [0.1, 0.15) is 5.56 Å². The zero-order valence-corrected chi connectivity index (χ0v) is 17.9. The molecule has 0 atom stereocenters. The van der Waals surface area contributed by atoms with Gasteiger partial charge in [-0.2, -0.15) is 13.6 Å². The maximum Gasteiger partial charge on any atom is 0.380 e. The molecule has 0 fully saturated rings. The highest BCUT2D eigenvalue weighted by molar-refractivity contribution is 7.84. The molecule has 30 heavy (non-hydrogen) atoms. The van der Waals surface area contributed by atoms with Crippen LogP contribution in [0.25, 0.3) is 10.8 Å². The third-order valence-corrected chi connectivity index (χ3v) is 4.83. The van der Waals surface area contributed by atoms with E-state index in [9.17, 15) is 8.42 Å². The number of nitrogens with zero attached hydrogens (tertiary/aromatic N) is 1. The Kier molecular flexibility index (Phi) is 6.18. The Hall–Kier alpha value is -3.24. The normalized spacial score (nSPS) is 11.2. The second-order valence-electron chi connectivity index (χ2n) is 6.36. The molecule has 160 valence electrons. The molecule has 0 bridgehead atoms. The van der Waals surface area contributed by atoms with Crippen molar-refractivity contribution in [3.8, 4) is 28.7 Å². The first-order valence-electron chi connectivity index (χ1n) is 8.80. The minimum absolute atomic E-state index is 0.0230. The SMILES string of the molecule is COc1cc2c[n+](Cc3cc(OC)c(OC)c(OC)c3)ccc2cc1OS(N)(=O)=O. The van der Waals surface area contributed by atoms with Crippen molar-refractivity contribution < 1.29 is 36.1 Å². The third-order valence-electron chi connectivity index (χ3n) is 4.42. The van der Waals surface area contributed by atoms with E-state index in [0.717, 1.165) is 16.3 Å². The standard InChI is InChI=1S/C20H23N2O7S/c1-25-16-10-15-12-22(6-5-14(15)9-17(16)29-30(21,23)24)11-13-7-18(26-2)20(28-4)19(8-13)27-3/h5-10,12H,11H2,1-4H3,(H2,21,23,24)/q+1. The smallest absolute Gasteiger partial charge is 0.380 e. The van der Waals surface area contributed by atoms with Gasteiger partial charge in [-0.1, -0.05) is 0 Å². The predicted octanol–water partition coefficient (Wildman–Crippen LogP) is 1.79. The molecule has 0 saturated heterocycles. The zero-order valence-electron chi connectivity index (χ0n) is 17.0. The Balaban J connectivity index is 1.99. The maximum atomic E-state index is 11.3. The van der Waals surface area contributed by atoms with Gasteiger partial charge < -0.3 is 23.1 Å². The fourth-order valence-corrected chi connectivity index (χ4v) is 3.51. The van der Waals surface area contributed by atoms with Gasteiger partial charge in [-0.3, -0.25) is 0 Å². The highest BCUT2D eigenvalue weighted by Gasteiger charge is 2.17. The first-order chi connectivity index (χ1) is 14.3. The highest BCUT2D eigenvalue weighted by atomic mass is 32.2. The molecule has 3 aromatic rings. The summed E-state index contributed by atoms with van der Waals surface area (Å²) in [6, 6.07) is 8.83. The largest absolute Gasteiger partial charge is 0.493 e. The number of hydrogen-bond donors (Lipinski definition) is 1. The number of aromatic nitrogens is 1. The Bertz CT molecular complexity index is 1150. The average Bonchev–Trinajstić information content (AvgIpc) is 2.71. The number of hydrogen-bond acceptors (Lipinski definition) is 7. The van der Waals surface area contributed by atoms with Crippen molar-refractivity contribution in [2.24, 2.45) is 5.14 Å². The van der Waals surface area contributed by atoms with E-state index in [1.807, 2.05) is 35.2 Å². The van der Waals surface area contributed by atoms with Crippen LogP contribution in [0.2, 0.25) is 0 Å². The van der Waals surface area contributed by atoms with Crippen molar-refractivity contribution in [2.75, 3.05) is 28.4 Å². The summed E-state index contributed by atoms with van der Waals surface area (Å²) in [5.41, 5.74) is 0.940. The average molecular weight is 435 g/mol. The Morgan fingerprint density at radius 3 is 1.97 bits per heavy atom. The number of benzene rings is 2. The van der Waals surface area contributed by atoms with Crippen LogP contribution in [0.5, 0.6) is 28.7 Å². The van der Waals surface area contributed by atoms with E-state index in [-0.39, 0.29) is 11.5 Å². The van der Waals surface area contributed by atoms with Crippen LogP contribution in [0.3, 0.4) is 0 Å². The van der Waals surface area contributed by atoms with Gasteiger partial charge in [-0.05, 0) is 29.7 Å². The lowest BCUT2D eigenvalue weighted by molar-refractivity contribution is -0.687. The fraction of sp³-hybridized carbons (Fsp3) is 0.250. The number of pyridine rings is 1. The summed E-state index contributed by atoms with van der Waals surface area (Å²) < 4.78 is 50.7. The maximum absolute atomic E-state index is 11.3. The summed E-state index contributed by atoms with van der Waals surface area (Å²) in [6.07, 6.45) is 3.76. The van der Waals surface area contributed by atoms with E-state index >= 15 is 0 Å². The van der Waals surface area contributed by atoms with E-state index in [1.54, 1.807) is 33.5 Å². The van der Waals surface area contributed by atoms with Gasteiger partial charge in [0.05, 0.1) is 28.4 Å². The Labute approximate surface area is 174 Å². The van der Waals surface area contributed by atoms with Crippen LogP contribution in [0.4, 0.5) is 0 Å². The number of methoxy groups -OCH3 is 4. The quantitative estimate of drug-likeness (QED) is 0.537. The highest BCUT2D eigenvalue weighted by Crippen LogP contribution is 2.38. The first kappa shape index (κ1) is 21.5. The minimum Gasteiger partial charge on any atom is -0.493 e. The van der Waals surface area contributed by atoms with E-state index < -0.39 is 10.3 Å². The van der Waals surface area contributed by atoms with E-state index in [4.69, 9.17) is 28.3 Å². The minimum atomic E-state index is -4.17. The topological polar surface area (TPSA) is 110 Å². The van der Waals surface area contributed by atoms with Crippen molar-refractivity contribution >= 4 is 21.1 Å². The van der Waals surface area contributed by atoms with Gasteiger partial charge in [-0.25, -0.2) is 4.57 Å². The van der Waals surface area contributed by atoms with Gasteiger partial charge in [0.15, 0.2) is 41.9 Å². The molecule has 2 N–H and O–H groups in total. The van der Waals surface area contributed by atoms with Gasteiger partial charge in [0.1, 0.15) is 0 Å². The monoisotopic (exact) mass is 435 g/mol. The lowest BCUT2D eigenvalue weighted by atomic mass is 10.1. The van der Waals surface area contributed by atoms with Crippen molar-refractivity contribution in [1.82, 2.24) is 0 Å². The number of nitrogens with two attached hydrogens (primary N) is 1. The lowest BCUT2D eigenvalue weighted by Gasteiger charge is -2.13. The van der Waals surface area contributed by atoms with Crippen molar-refractivity contribution in [3.63, 3.8) is 0 Å². The third kappa shape index (κ3) is 4.66. The molecule has 0 aliphatic carbocycles. The molecule has 0 radical (unpaired) electrons. The second-order valence-corrected chi connectivity index (χ2v) is 7.51. The summed E-state index contributed by atoms with van der Waals surface area (Å²) in [5, 5.41) is 6.56. The summed E-state index contributed by atoms with van der Waals surface area (Å²) >= 11 is 0. The van der Waals surface area contributed by atoms with Gasteiger partial charge in [0.25, 0.3) is 0 Å². The molecule has 0 saturated carbocycles. The van der Waals surface area contributed by atoms with E-state index in [0.29, 0.717) is 23.8 Å². The van der Waals surface area contributed by atoms with Crippen molar-refractivity contribution in [1.29, 1.82) is 0 Å². The van der Waals surface area contributed by atoms with Crippen molar-refractivity contribution in [3.05, 3.63) is 48.3 Å². The molecule has 0 aliphatic heterocycles. The van der Waals surface area contributed by atoms with Crippen LogP contribution in [-0.2, 0) is 16.8 Å². The van der Waals surface area contributed by atoms with Gasteiger partial charge in [0, 0.05) is 17.0 Å². The number of ether oxygens (including phenoxy) is 4. The van der Waals surface area contributed by atoms with Gasteiger partial charge >= 0.3 is 10.3 Å². The zero-order chi connectivity index (χ0) is 21.9. The summed E-state index contributed by atoms with van der Waals surface area (Å²) in [5.74, 6) is 1.94. The lowest BCUT2D eigenvalue weighted by Crippen LogP contribution is -2.33. The fourth-order valence-electron chi connectivity index (χ4n) is 3.13. The van der Waals surface area contributed by atoms with Crippen molar-refractivity contribution in [2.45, 2.75) is 6.54 Å². The Morgan fingerprint density at radius 2 is 1.43 bits per heavy atom. The molecule has 0 unspecified atom stereocenters. The van der Waals surface area contributed by atoms with Crippen LogP contribution < -0.4 is 32.8 Å². The van der Waals surface area contributed by atoms with E-state index in [2.05, 4.69) is 0 Å². The first-order valence-corrected chi connectivity index (χ1v) is 10.3. The summed E-state index contributed by atoms with van der Waals surface area (Å²) in [6.45, 7) is 0.532. The van der Waals surface area contributed by atoms with Crippen LogP contribution in [0.15, 0.2) is 42.7 Å². The van der Waals surface area contributed by atoms with Gasteiger partial charge in [0.2, 0.25) is 5.75 Å². The predicted molar refractivity (Wildman–Crippen MR) is 110 cm³/mol. The number of fused-ring (bicyclic) bond motifs is 1. The molecule has 0 amide bonds. The van der Waals surface area contributed by atoms with Crippen LogP contribution in [-0.4, -0.2) is 36.9 Å². The molecule has 0 spiro atoms. The Morgan fingerprint density at radius 1 is 0.833 bits per heavy atom.